The molecule has 3 aromatic carbocycles. The van der Waals surface area contributed by atoms with Gasteiger partial charge in [0.05, 0.1) is 17.1 Å². The van der Waals surface area contributed by atoms with E-state index >= 15 is 0 Å². The molecule has 0 saturated heterocycles. The second kappa shape index (κ2) is 11.9. The summed E-state index contributed by atoms with van der Waals surface area (Å²) in [6.45, 7) is 7.74. The number of carbonyl (C=O) groups is 2. The Hall–Kier alpha value is -4.53. The number of benzene rings is 3. The molecule has 0 aliphatic carbocycles. The highest BCUT2D eigenvalue weighted by molar-refractivity contribution is 5.97. The van der Waals surface area contributed by atoms with Crippen LogP contribution in [0.5, 0.6) is 0 Å². The van der Waals surface area contributed by atoms with Crippen LogP contribution in [0, 0.1) is 31.4 Å². The lowest BCUT2D eigenvalue weighted by atomic mass is 10.1. The molecule has 0 unspecified atom stereocenters. The summed E-state index contributed by atoms with van der Waals surface area (Å²) in [7, 11) is 0. The van der Waals surface area contributed by atoms with Crippen molar-refractivity contribution in [2.24, 2.45) is 5.92 Å². The molecule has 0 atom stereocenters. The molecular weight excluding hydrogens is 500 g/mol. The Morgan fingerprint density at radius 3 is 2.36 bits per heavy atom. The highest BCUT2D eigenvalue weighted by atomic mass is 19.1. The van der Waals surface area contributed by atoms with Crippen molar-refractivity contribution in [2.75, 3.05) is 23.7 Å². The third kappa shape index (κ3) is 6.87. The van der Waals surface area contributed by atoms with Crippen LogP contribution in [0.4, 0.5) is 25.1 Å². The minimum Gasteiger partial charge on any atom is -0.315 e. The lowest BCUT2D eigenvalue weighted by molar-refractivity contribution is -0.116. The van der Waals surface area contributed by atoms with Crippen molar-refractivity contribution in [1.29, 1.82) is 0 Å². The summed E-state index contributed by atoms with van der Waals surface area (Å²) in [5.41, 5.74) is 4.28. The van der Waals surface area contributed by atoms with Gasteiger partial charge in [0, 0.05) is 24.2 Å². The average Bonchev–Trinajstić information content (AvgIpc) is 3.28. The maximum Gasteiger partial charge on any atom is 0.322 e. The molecule has 39 heavy (non-hydrogen) atoms. The van der Waals surface area contributed by atoms with E-state index in [2.05, 4.69) is 10.6 Å². The topological polar surface area (TPSA) is 79.3 Å². The molecule has 3 amide bonds. The van der Waals surface area contributed by atoms with Crippen molar-refractivity contribution in [3.63, 3.8) is 0 Å². The SMILES string of the molecule is Cc1ccc(-n2nc(-c3ccccc3)cc2NC(=O)CN(CC(C)C)C(=O)Nc2ccc(F)cc2F)c(C)c1. The van der Waals surface area contributed by atoms with Gasteiger partial charge in [-0.15, -0.1) is 0 Å². The van der Waals surface area contributed by atoms with Gasteiger partial charge in [0.2, 0.25) is 5.91 Å². The fourth-order valence-corrected chi connectivity index (χ4v) is 4.25. The van der Waals surface area contributed by atoms with Crippen LogP contribution < -0.4 is 10.6 Å². The van der Waals surface area contributed by atoms with Crippen molar-refractivity contribution in [3.05, 3.63) is 95.6 Å². The van der Waals surface area contributed by atoms with E-state index in [0.717, 1.165) is 34.5 Å². The molecule has 0 radical (unpaired) electrons. The molecular formula is C30H31F2N5O2. The van der Waals surface area contributed by atoms with E-state index in [-0.39, 0.29) is 24.7 Å². The van der Waals surface area contributed by atoms with Crippen molar-refractivity contribution in [2.45, 2.75) is 27.7 Å². The van der Waals surface area contributed by atoms with E-state index < -0.39 is 23.6 Å². The third-order valence-corrected chi connectivity index (χ3v) is 6.01. The largest absolute Gasteiger partial charge is 0.322 e. The summed E-state index contributed by atoms with van der Waals surface area (Å²) >= 11 is 0. The second-order valence-electron chi connectivity index (χ2n) is 9.86. The molecule has 7 nitrogen and oxygen atoms in total. The number of anilines is 2. The van der Waals surface area contributed by atoms with Crippen LogP contribution in [0.3, 0.4) is 0 Å². The van der Waals surface area contributed by atoms with Crippen molar-refractivity contribution >= 4 is 23.4 Å². The minimum atomic E-state index is -0.900. The van der Waals surface area contributed by atoms with Crippen molar-refractivity contribution in [1.82, 2.24) is 14.7 Å². The Bertz CT molecular complexity index is 1480. The molecule has 4 aromatic rings. The molecule has 9 heteroatoms. The molecule has 0 aliphatic rings. The number of nitrogens with one attached hydrogen (secondary N) is 2. The number of aromatic nitrogens is 2. The first-order valence-electron chi connectivity index (χ1n) is 12.6. The number of hydrogen-bond acceptors (Lipinski definition) is 3. The normalized spacial score (nSPS) is 10.9. The van der Waals surface area contributed by atoms with Gasteiger partial charge in [-0.2, -0.15) is 5.10 Å². The second-order valence-corrected chi connectivity index (χ2v) is 9.86. The quantitative estimate of drug-likeness (QED) is 0.270. The van der Waals surface area contributed by atoms with Gasteiger partial charge >= 0.3 is 6.03 Å². The predicted molar refractivity (Wildman–Crippen MR) is 149 cm³/mol. The lowest BCUT2D eigenvalue weighted by Gasteiger charge is -2.24. The number of amides is 3. The molecule has 1 heterocycles. The summed E-state index contributed by atoms with van der Waals surface area (Å²) in [6.07, 6.45) is 0. The van der Waals surface area contributed by atoms with Gasteiger partial charge in [-0.1, -0.05) is 61.9 Å². The number of rotatable bonds is 8. The maximum absolute atomic E-state index is 14.1. The summed E-state index contributed by atoms with van der Waals surface area (Å²) in [6, 6.07) is 19.6. The van der Waals surface area contributed by atoms with Crippen LogP contribution in [-0.2, 0) is 4.79 Å². The highest BCUT2D eigenvalue weighted by Crippen LogP contribution is 2.27. The lowest BCUT2D eigenvalue weighted by Crippen LogP contribution is -2.42. The molecule has 0 fully saturated rings. The van der Waals surface area contributed by atoms with E-state index in [0.29, 0.717) is 17.6 Å². The Labute approximate surface area is 226 Å². The first kappa shape index (κ1) is 27.5. The van der Waals surface area contributed by atoms with Gasteiger partial charge in [0.15, 0.2) is 0 Å². The fraction of sp³-hybridized carbons (Fsp3) is 0.233. The van der Waals surface area contributed by atoms with Crippen molar-refractivity contribution in [3.8, 4) is 16.9 Å². The first-order valence-corrected chi connectivity index (χ1v) is 12.6. The average molecular weight is 532 g/mol. The zero-order valence-corrected chi connectivity index (χ0v) is 22.3. The number of hydrogen-bond donors (Lipinski definition) is 2. The number of carbonyl (C=O) groups excluding carboxylic acids is 2. The first-order chi connectivity index (χ1) is 18.6. The van der Waals surface area contributed by atoms with E-state index in [1.807, 2.05) is 76.2 Å². The number of aryl methyl sites for hydroxylation is 2. The summed E-state index contributed by atoms with van der Waals surface area (Å²) in [5.74, 6) is -1.62. The Kier molecular flexibility index (Phi) is 8.39. The number of halogens is 2. The zero-order chi connectivity index (χ0) is 28.1. The summed E-state index contributed by atoms with van der Waals surface area (Å²) in [4.78, 5) is 27.5. The Morgan fingerprint density at radius 1 is 0.949 bits per heavy atom. The Balaban J connectivity index is 1.60. The zero-order valence-electron chi connectivity index (χ0n) is 22.3. The van der Waals surface area contributed by atoms with Crippen LogP contribution >= 0.6 is 0 Å². The van der Waals surface area contributed by atoms with Gasteiger partial charge in [-0.3, -0.25) is 4.79 Å². The highest BCUT2D eigenvalue weighted by Gasteiger charge is 2.22. The van der Waals surface area contributed by atoms with Crippen LogP contribution in [0.2, 0.25) is 0 Å². The van der Waals surface area contributed by atoms with Gasteiger partial charge in [0.25, 0.3) is 0 Å². The monoisotopic (exact) mass is 531 g/mol. The van der Waals surface area contributed by atoms with Crippen molar-refractivity contribution < 1.29 is 18.4 Å². The minimum absolute atomic E-state index is 0.0343. The molecule has 0 bridgehead atoms. The van der Waals surface area contributed by atoms with Gasteiger partial charge in [0.1, 0.15) is 24.0 Å². The third-order valence-electron chi connectivity index (χ3n) is 6.01. The smallest absolute Gasteiger partial charge is 0.315 e. The van der Waals surface area contributed by atoms with Crippen LogP contribution in [0.15, 0.2) is 72.8 Å². The van der Waals surface area contributed by atoms with Crippen LogP contribution in [-0.4, -0.2) is 39.7 Å². The van der Waals surface area contributed by atoms with Gasteiger partial charge in [-0.05, 0) is 43.5 Å². The summed E-state index contributed by atoms with van der Waals surface area (Å²) in [5, 5.41) is 10.1. The van der Waals surface area contributed by atoms with E-state index in [9.17, 15) is 18.4 Å². The van der Waals surface area contributed by atoms with E-state index in [4.69, 9.17) is 5.10 Å². The van der Waals surface area contributed by atoms with Gasteiger partial charge < -0.3 is 15.5 Å². The molecule has 2 N–H and O–H groups in total. The molecule has 0 spiro atoms. The molecule has 0 saturated carbocycles. The van der Waals surface area contributed by atoms with Gasteiger partial charge in [-0.25, -0.2) is 18.3 Å². The molecule has 0 aliphatic heterocycles. The van der Waals surface area contributed by atoms with E-state index in [1.54, 1.807) is 10.7 Å². The maximum atomic E-state index is 14.1. The Morgan fingerprint density at radius 2 is 1.69 bits per heavy atom. The standard InChI is InChI=1S/C30H31F2N5O2/c1-19(2)17-36(30(39)33-25-12-11-23(31)15-24(25)32)18-29(38)34-28-16-26(22-8-6-5-7-9-22)35-37(28)27-13-10-20(3)14-21(27)4/h5-16,19H,17-18H2,1-4H3,(H,33,39)(H,34,38). The number of urea groups is 1. The van der Waals surface area contributed by atoms with E-state index in [1.165, 1.54) is 4.90 Å². The summed E-state index contributed by atoms with van der Waals surface area (Å²) < 4.78 is 29.1. The fourth-order valence-electron chi connectivity index (χ4n) is 4.25. The molecule has 1 aromatic heterocycles. The van der Waals surface area contributed by atoms with Crippen LogP contribution in [0.1, 0.15) is 25.0 Å². The molecule has 4 rings (SSSR count). The predicted octanol–water partition coefficient (Wildman–Crippen LogP) is 6.56. The molecule has 202 valence electrons. The van der Waals surface area contributed by atoms with Crippen LogP contribution in [0.25, 0.3) is 16.9 Å². The number of nitrogens with zero attached hydrogens (tertiary/aromatic N) is 3.